The molecule has 1 aromatic carbocycles. The first-order chi connectivity index (χ1) is 7.09. The van der Waals surface area contributed by atoms with Crippen molar-refractivity contribution in [3.05, 3.63) is 41.0 Å². The average molecular weight is 268 g/mol. The zero-order valence-corrected chi connectivity index (χ0v) is 9.73. The fourth-order valence-corrected chi connectivity index (χ4v) is 1.39. The van der Waals surface area contributed by atoms with Crippen molar-refractivity contribution in [2.45, 2.75) is 6.92 Å². The van der Waals surface area contributed by atoms with Gasteiger partial charge >= 0.3 is 0 Å². The van der Waals surface area contributed by atoms with Crippen molar-refractivity contribution in [3.8, 4) is 0 Å². The second kappa shape index (κ2) is 5.46. The standard InChI is InChI=1S/C9H6BrN.C2H4O2/c10-8-5-7-3-1-2-4-9(7)11-6-8;1-2(3)4/h1-6H;1H3,(H,3,4). The van der Waals surface area contributed by atoms with Gasteiger partial charge in [0.15, 0.2) is 0 Å². The van der Waals surface area contributed by atoms with Crippen LogP contribution in [0.25, 0.3) is 10.9 Å². The van der Waals surface area contributed by atoms with E-state index in [-0.39, 0.29) is 0 Å². The number of carbonyl (C=O) groups is 1. The van der Waals surface area contributed by atoms with Crippen molar-refractivity contribution in [2.75, 3.05) is 0 Å². The van der Waals surface area contributed by atoms with Gasteiger partial charge in [-0.25, -0.2) is 0 Å². The van der Waals surface area contributed by atoms with E-state index in [9.17, 15) is 0 Å². The summed E-state index contributed by atoms with van der Waals surface area (Å²) in [4.78, 5) is 13.2. The molecule has 2 rings (SSSR count). The van der Waals surface area contributed by atoms with Gasteiger partial charge in [-0.05, 0) is 28.1 Å². The molecule has 0 saturated heterocycles. The van der Waals surface area contributed by atoms with Gasteiger partial charge in [-0.1, -0.05) is 18.2 Å². The molecule has 0 atom stereocenters. The van der Waals surface area contributed by atoms with Crippen LogP contribution in [0.5, 0.6) is 0 Å². The highest BCUT2D eigenvalue weighted by Gasteiger charge is 1.92. The molecule has 3 nitrogen and oxygen atoms in total. The molecule has 0 saturated carbocycles. The third-order valence-corrected chi connectivity index (χ3v) is 1.99. The Morgan fingerprint density at radius 3 is 2.67 bits per heavy atom. The monoisotopic (exact) mass is 267 g/mol. The number of carboxylic acid groups (broad SMARTS) is 1. The molecule has 78 valence electrons. The molecule has 1 N–H and O–H groups in total. The van der Waals surface area contributed by atoms with Gasteiger partial charge in [-0.2, -0.15) is 0 Å². The Labute approximate surface area is 95.9 Å². The van der Waals surface area contributed by atoms with Crippen molar-refractivity contribution < 1.29 is 9.90 Å². The quantitative estimate of drug-likeness (QED) is 0.798. The topological polar surface area (TPSA) is 50.2 Å². The molecule has 1 aromatic heterocycles. The summed E-state index contributed by atoms with van der Waals surface area (Å²) in [6.07, 6.45) is 1.81. The molecular weight excluding hydrogens is 258 g/mol. The van der Waals surface area contributed by atoms with Crippen LogP contribution in [0.3, 0.4) is 0 Å². The zero-order valence-electron chi connectivity index (χ0n) is 8.14. The van der Waals surface area contributed by atoms with Gasteiger partial charge in [-0.3, -0.25) is 9.78 Å². The normalized spacial score (nSPS) is 9.20. The van der Waals surface area contributed by atoms with Crippen molar-refractivity contribution in [2.24, 2.45) is 0 Å². The van der Waals surface area contributed by atoms with Gasteiger partial charge in [0.25, 0.3) is 5.97 Å². The Hall–Kier alpha value is -1.42. The van der Waals surface area contributed by atoms with Crippen molar-refractivity contribution in [1.82, 2.24) is 4.98 Å². The molecule has 0 radical (unpaired) electrons. The molecule has 4 heteroatoms. The third-order valence-electron chi connectivity index (χ3n) is 1.56. The number of rotatable bonds is 0. The number of aliphatic carboxylic acids is 1. The maximum atomic E-state index is 9.00. The van der Waals surface area contributed by atoms with E-state index in [2.05, 4.69) is 27.0 Å². The van der Waals surface area contributed by atoms with Crippen LogP contribution in [0.4, 0.5) is 0 Å². The molecule has 15 heavy (non-hydrogen) atoms. The van der Waals surface area contributed by atoms with Crippen LogP contribution in [0.15, 0.2) is 41.0 Å². The number of para-hydroxylation sites is 1. The van der Waals surface area contributed by atoms with Crippen LogP contribution in [-0.2, 0) is 4.79 Å². The van der Waals surface area contributed by atoms with Gasteiger partial charge in [0.05, 0.1) is 5.52 Å². The number of nitrogens with zero attached hydrogens (tertiary/aromatic N) is 1. The Balaban J connectivity index is 0.000000245. The summed E-state index contributed by atoms with van der Waals surface area (Å²) in [5.74, 6) is -0.833. The molecule has 0 bridgehead atoms. The molecule has 0 amide bonds. The van der Waals surface area contributed by atoms with Crippen molar-refractivity contribution >= 4 is 32.8 Å². The van der Waals surface area contributed by atoms with Crippen molar-refractivity contribution in [1.29, 1.82) is 0 Å². The summed E-state index contributed by atoms with van der Waals surface area (Å²) in [6.45, 7) is 1.08. The summed E-state index contributed by atoms with van der Waals surface area (Å²) in [7, 11) is 0. The molecule has 0 aliphatic rings. The molecule has 2 aromatic rings. The van der Waals surface area contributed by atoms with E-state index in [4.69, 9.17) is 9.90 Å². The number of hydrogen-bond acceptors (Lipinski definition) is 2. The van der Waals surface area contributed by atoms with Crippen LogP contribution >= 0.6 is 15.9 Å². The Kier molecular flexibility index (Phi) is 4.24. The van der Waals surface area contributed by atoms with Gasteiger partial charge in [0, 0.05) is 23.0 Å². The first-order valence-electron chi connectivity index (χ1n) is 4.29. The highest BCUT2D eigenvalue weighted by Crippen LogP contribution is 2.15. The van der Waals surface area contributed by atoms with E-state index in [1.165, 1.54) is 5.39 Å². The van der Waals surface area contributed by atoms with Crippen LogP contribution in [0, 0.1) is 0 Å². The van der Waals surface area contributed by atoms with Crippen molar-refractivity contribution in [3.63, 3.8) is 0 Å². The lowest BCUT2D eigenvalue weighted by atomic mass is 10.2. The Morgan fingerprint density at radius 1 is 1.40 bits per heavy atom. The number of halogens is 1. The number of fused-ring (bicyclic) bond motifs is 1. The lowest BCUT2D eigenvalue weighted by Crippen LogP contribution is -1.78. The molecule has 0 aliphatic carbocycles. The highest BCUT2D eigenvalue weighted by atomic mass is 79.9. The van der Waals surface area contributed by atoms with Gasteiger partial charge in [0.2, 0.25) is 0 Å². The van der Waals surface area contributed by atoms with E-state index in [0.717, 1.165) is 16.9 Å². The largest absolute Gasteiger partial charge is 0.481 e. The third kappa shape index (κ3) is 4.08. The van der Waals surface area contributed by atoms with Gasteiger partial charge in [0.1, 0.15) is 0 Å². The summed E-state index contributed by atoms with van der Waals surface area (Å²) < 4.78 is 1.02. The molecule has 0 spiro atoms. The smallest absolute Gasteiger partial charge is 0.300 e. The van der Waals surface area contributed by atoms with Crippen LogP contribution in [0.2, 0.25) is 0 Å². The Bertz CT molecular complexity index is 467. The lowest BCUT2D eigenvalue weighted by molar-refractivity contribution is -0.134. The van der Waals surface area contributed by atoms with Crippen LogP contribution in [-0.4, -0.2) is 16.1 Å². The molecule has 0 fully saturated rings. The maximum absolute atomic E-state index is 9.00. The van der Waals surface area contributed by atoms with E-state index in [1.807, 2.05) is 30.5 Å². The second-order valence-corrected chi connectivity index (χ2v) is 3.78. The fraction of sp³-hybridized carbons (Fsp3) is 0.0909. The number of pyridine rings is 1. The lowest BCUT2D eigenvalue weighted by Gasteiger charge is -1.94. The van der Waals surface area contributed by atoms with Gasteiger partial charge < -0.3 is 5.11 Å². The number of hydrogen-bond donors (Lipinski definition) is 1. The van der Waals surface area contributed by atoms with Crippen LogP contribution in [0.1, 0.15) is 6.92 Å². The minimum absolute atomic E-state index is 0.833. The first kappa shape index (κ1) is 11.7. The minimum Gasteiger partial charge on any atom is -0.481 e. The average Bonchev–Trinajstić information content (AvgIpc) is 2.16. The number of aromatic nitrogens is 1. The highest BCUT2D eigenvalue weighted by molar-refractivity contribution is 9.10. The zero-order chi connectivity index (χ0) is 11.3. The predicted octanol–water partition coefficient (Wildman–Crippen LogP) is 3.09. The molecule has 0 aliphatic heterocycles. The SMILES string of the molecule is Brc1cnc2ccccc2c1.CC(=O)O. The van der Waals surface area contributed by atoms with Gasteiger partial charge in [-0.15, -0.1) is 0 Å². The van der Waals surface area contributed by atoms with E-state index in [1.54, 1.807) is 0 Å². The van der Waals surface area contributed by atoms with E-state index in [0.29, 0.717) is 0 Å². The molecule has 0 unspecified atom stereocenters. The molecular formula is C11H10BrNO2. The predicted molar refractivity (Wildman–Crippen MR) is 62.8 cm³/mol. The van der Waals surface area contributed by atoms with E-state index >= 15 is 0 Å². The number of benzene rings is 1. The van der Waals surface area contributed by atoms with Crippen LogP contribution < -0.4 is 0 Å². The summed E-state index contributed by atoms with van der Waals surface area (Å²) in [6, 6.07) is 10.1. The maximum Gasteiger partial charge on any atom is 0.300 e. The molecule has 1 heterocycles. The summed E-state index contributed by atoms with van der Waals surface area (Å²) in [5.41, 5.74) is 1.04. The summed E-state index contributed by atoms with van der Waals surface area (Å²) in [5, 5.41) is 8.59. The first-order valence-corrected chi connectivity index (χ1v) is 5.08. The summed E-state index contributed by atoms with van der Waals surface area (Å²) >= 11 is 3.37. The fourth-order valence-electron chi connectivity index (χ4n) is 1.04. The second-order valence-electron chi connectivity index (χ2n) is 2.87. The van der Waals surface area contributed by atoms with E-state index < -0.39 is 5.97 Å². The number of carboxylic acids is 1. The Morgan fingerprint density at radius 2 is 2.00 bits per heavy atom. The minimum atomic E-state index is -0.833.